The highest BCUT2D eigenvalue weighted by Gasteiger charge is 2.44. The molecule has 2 heterocycles. The molecule has 1 N–H and O–H groups in total. The van der Waals surface area contributed by atoms with Crippen molar-refractivity contribution in [2.75, 3.05) is 32.6 Å². The molecular weight excluding hydrogens is 435 g/mol. The number of rotatable bonds is 5. The quantitative estimate of drug-likeness (QED) is 0.569. The summed E-state index contributed by atoms with van der Waals surface area (Å²) in [6, 6.07) is 10.9. The van der Waals surface area contributed by atoms with E-state index < -0.39 is 5.41 Å². The number of thiocarbonyl (C=S) groups is 1. The van der Waals surface area contributed by atoms with Crippen LogP contribution in [0.25, 0.3) is 0 Å². The van der Waals surface area contributed by atoms with Gasteiger partial charge in [-0.15, -0.1) is 0 Å². The van der Waals surface area contributed by atoms with Crippen molar-refractivity contribution in [3.05, 3.63) is 64.7 Å². The fraction of sp³-hybridized carbons (Fsp3) is 0.318. The van der Waals surface area contributed by atoms with Gasteiger partial charge in [0.05, 0.1) is 25.3 Å². The van der Waals surface area contributed by atoms with Crippen LogP contribution in [0, 0.1) is 12.7 Å². The third-order valence-corrected chi connectivity index (χ3v) is 6.93. The SMILES string of the molecule is COc1ccc(OC)c(NC(=S)N2CCC(c3ccc(C)c(F)c3)(c3ncns3)C2)c1. The summed E-state index contributed by atoms with van der Waals surface area (Å²) < 4.78 is 29.4. The summed E-state index contributed by atoms with van der Waals surface area (Å²) in [5, 5.41) is 4.70. The van der Waals surface area contributed by atoms with Crippen LogP contribution in [0.1, 0.15) is 22.6 Å². The Balaban J connectivity index is 1.62. The maximum Gasteiger partial charge on any atom is 0.173 e. The van der Waals surface area contributed by atoms with E-state index in [0.29, 0.717) is 35.3 Å². The van der Waals surface area contributed by atoms with Crippen molar-refractivity contribution >= 4 is 34.6 Å². The molecule has 1 unspecified atom stereocenters. The van der Waals surface area contributed by atoms with Crippen molar-refractivity contribution in [1.29, 1.82) is 0 Å². The number of benzene rings is 2. The Bertz CT molecular complexity index is 1090. The second-order valence-corrected chi connectivity index (χ2v) is 8.63. The first-order valence-electron chi connectivity index (χ1n) is 9.78. The summed E-state index contributed by atoms with van der Waals surface area (Å²) in [4.78, 5) is 6.56. The van der Waals surface area contributed by atoms with Crippen LogP contribution in [-0.4, -0.2) is 46.7 Å². The minimum Gasteiger partial charge on any atom is -0.497 e. The number of anilines is 1. The first kappa shape index (κ1) is 21.5. The maximum absolute atomic E-state index is 14.4. The monoisotopic (exact) mass is 458 g/mol. The lowest BCUT2D eigenvalue weighted by atomic mass is 9.80. The van der Waals surface area contributed by atoms with E-state index in [4.69, 9.17) is 21.7 Å². The van der Waals surface area contributed by atoms with Gasteiger partial charge in [0.2, 0.25) is 0 Å². The number of nitrogens with one attached hydrogen (secondary N) is 1. The fourth-order valence-corrected chi connectivity index (χ4v) is 4.91. The molecule has 0 aliphatic carbocycles. The number of likely N-dealkylation sites (tertiary alicyclic amines) is 1. The van der Waals surface area contributed by atoms with E-state index in [9.17, 15) is 4.39 Å². The molecule has 0 bridgehead atoms. The molecular formula is C22H23FN4O2S2. The fourth-order valence-electron chi connectivity index (χ4n) is 3.90. The van der Waals surface area contributed by atoms with Crippen molar-refractivity contribution in [3.8, 4) is 11.5 Å². The predicted octanol–water partition coefficient (Wildman–Crippen LogP) is 4.39. The molecule has 1 aliphatic rings. The number of methoxy groups -OCH3 is 2. The molecule has 1 fully saturated rings. The number of halogens is 1. The molecule has 1 aromatic heterocycles. The molecule has 9 heteroatoms. The van der Waals surface area contributed by atoms with Crippen molar-refractivity contribution in [2.24, 2.45) is 0 Å². The van der Waals surface area contributed by atoms with Crippen molar-refractivity contribution < 1.29 is 13.9 Å². The standard InChI is InChI=1S/C22H23FN4O2S2/c1-14-4-5-15(10-17(14)23)22(20-24-13-25-31-20)8-9-27(12-22)21(30)26-18-11-16(28-2)6-7-19(18)29-3/h4-7,10-11,13H,8-9,12H2,1-3H3,(H,26,30). The first-order valence-corrected chi connectivity index (χ1v) is 11.0. The maximum atomic E-state index is 14.4. The van der Waals surface area contributed by atoms with Gasteiger partial charge >= 0.3 is 0 Å². The van der Waals surface area contributed by atoms with Gasteiger partial charge in [-0.3, -0.25) is 0 Å². The number of aromatic nitrogens is 2. The van der Waals surface area contributed by atoms with Gasteiger partial charge in [0.25, 0.3) is 0 Å². The molecule has 3 aromatic rings. The molecule has 2 aromatic carbocycles. The Morgan fingerprint density at radius 1 is 1.23 bits per heavy atom. The predicted molar refractivity (Wildman–Crippen MR) is 124 cm³/mol. The van der Waals surface area contributed by atoms with Gasteiger partial charge in [0.1, 0.15) is 28.7 Å². The average molecular weight is 459 g/mol. The number of nitrogens with zero attached hydrogens (tertiary/aromatic N) is 3. The highest BCUT2D eigenvalue weighted by Crippen LogP contribution is 2.42. The molecule has 1 aliphatic heterocycles. The van der Waals surface area contributed by atoms with Gasteiger partial charge < -0.3 is 19.7 Å². The molecule has 162 valence electrons. The molecule has 4 rings (SSSR count). The van der Waals surface area contributed by atoms with Crippen LogP contribution >= 0.6 is 23.8 Å². The van der Waals surface area contributed by atoms with Crippen LogP contribution in [-0.2, 0) is 5.41 Å². The second-order valence-electron chi connectivity index (χ2n) is 7.46. The van der Waals surface area contributed by atoms with E-state index in [-0.39, 0.29) is 5.82 Å². The molecule has 0 spiro atoms. The Labute approximate surface area is 190 Å². The van der Waals surface area contributed by atoms with Gasteiger partial charge in [-0.05, 0) is 66.4 Å². The van der Waals surface area contributed by atoms with Crippen molar-refractivity contribution in [3.63, 3.8) is 0 Å². The minimum absolute atomic E-state index is 0.221. The van der Waals surface area contributed by atoms with E-state index in [0.717, 1.165) is 22.7 Å². The Hall–Kier alpha value is -2.78. The molecule has 6 nitrogen and oxygen atoms in total. The lowest BCUT2D eigenvalue weighted by Crippen LogP contribution is -2.37. The van der Waals surface area contributed by atoms with E-state index >= 15 is 0 Å². The van der Waals surface area contributed by atoms with Crippen LogP contribution in [0.15, 0.2) is 42.7 Å². The lowest BCUT2D eigenvalue weighted by Gasteiger charge is -2.29. The number of ether oxygens (including phenoxy) is 2. The summed E-state index contributed by atoms with van der Waals surface area (Å²) >= 11 is 7.07. The number of aryl methyl sites for hydroxylation is 1. The lowest BCUT2D eigenvalue weighted by molar-refractivity contribution is 0.404. The van der Waals surface area contributed by atoms with Gasteiger partial charge in [0.15, 0.2) is 5.11 Å². The van der Waals surface area contributed by atoms with E-state index in [1.807, 2.05) is 30.3 Å². The van der Waals surface area contributed by atoms with Crippen molar-refractivity contribution in [2.45, 2.75) is 18.8 Å². The zero-order chi connectivity index (χ0) is 22.0. The smallest absolute Gasteiger partial charge is 0.173 e. The Morgan fingerprint density at radius 2 is 2.06 bits per heavy atom. The topological polar surface area (TPSA) is 59.5 Å². The number of hydrogen-bond donors (Lipinski definition) is 1. The van der Waals surface area contributed by atoms with Crippen LogP contribution in [0.2, 0.25) is 0 Å². The molecule has 0 saturated carbocycles. The average Bonchev–Trinajstić information content (AvgIpc) is 3.46. The zero-order valence-corrected chi connectivity index (χ0v) is 19.1. The van der Waals surface area contributed by atoms with Gasteiger partial charge in [-0.25, -0.2) is 9.37 Å². The van der Waals surface area contributed by atoms with Crippen LogP contribution in [0.5, 0.6) is 11.5 Å². The highest BCUT2D eigenvalue weighted by molar-refractivity contribution is 7.80. The normalized spacial score (nSPS) is 18.1. The van der Waals surface area contributed by atoms with Crippen molar-refractivity contribution in [1.82, 2.24) is 14.3 Å². The first-order chi connectivity index (χ1) is 15.0. The zero-order valence-electron chi connectivity index (χ0n) is 17.5. The summed E-state index contributed by atoms with van der Waals surface area (Å²) in [5.41, 5.74) is 1.76. The van der Waals surface area contributed by atoms with Crippen LogP contribution in [0.4, 0.5) is 10.1 Å². The summed E-state index contributed by atoms with van der Waals surface area (Å²) in [6.45, 7) is 3.04. The molecule has 1 atom stereocenters. The third-order valence-electron chi connectivity index (χ3n) is 5.70. The van der Waals surface area contributed by atoms with E-state index in [2.05, 4.69) is 19.6 Å². The van der Waals surface area contributed by atoms with Crippen LogP contribution < -0.4 is 14.8 Å². The molecule has 0 amide bonds. The van der Waals surface area contributed by atoms with Gasteiger partial charge in [-0.2, -0.15) is 4.37 Å². The summed E-state index contributed by atoms with van der Waals surface area (Å²) in [7, 11) is 3.22. The molecule has 0 radical (unpaired) electrons. The van der Waals surface area contributed by atoms with Crippen LogP contribution in [0.3, 0.4) is 0 Å². The second kappa shape index (κ2) is 8.76. The Morgan fingerprint density at radius 3 is 2.74 bits per heavy atom. The number of hydrogen-bond acceptors (Lipinski definition) is 6. The molecule has 31 heavy (non-hydrogen) atoms. The Kier molecular flexibility index (Phi) is 6.06. The van der Waals surface area contributed by atoms with E-state index in [1.54, 1.807) is 33.5 Å². The summed E-state index contributed by atoms with van der Waals surface area (Å²) in [6.07, 6.45) is 2.30. The summed E-state index contributed by atoms with van der Waals surface area (Å²) in [5.74, 6) is 1.14. The highest BCUT2D eigenvalue weighted by atomic mass is 32.1. The molecule has 1 saturated heterocycles. The third kappa shape index (κ3) is 4.07. The minimum atomic E-state index is -0.472. The largest absolute Gasteiger partial charge is 0.497 e. The van der Waals surface area contributed by atoms with Gasteiger partial charge in [-0.1, -0.05) is 12.1 Å². The van der Waals surface area contributed by atoms with E-state index in [1.165, 1.54) is 11.5 Å². The van der Waals surface area contributed by atoms with Gasteiger partial charge in [0, 0.05) is 19.2 Å².